The van der Waals surface area contributed by atoms with Crippen molar-refractivity contribution in [3.05, 3.63) is 221 Å². The number of benzene rings is 8. The molecule has 0 amide bonds. The molecule has 6 N–H and O–H groups in total. The van der Waals surface area contributed by atoms with Crippen LogP contribution in [-0.2, 0) is 18.9 Å². The number of carboxylic acids is 1. The van der Waals surface area contributed by atoms with Gasteiger partial charge in [-0.15, -0.1) is 0 Å². The van der Waals surface area contributed by atoms with Crippen LogP contribution in [0.25, 0.3) is 89.2 Å². The minimum atomic E-state index is -0.952. The number of fused-ring (bicyclic) bond motifs is 4. The summed E-state index contributed by atoms with van der Waals surface area (Å²) in [5.41, 5.74) is 20.2. The summed E-state index contributed by atoms with van der Waals surface area (Å²) in [5.74, 6) is 0.384. The van der Waals surface area contributed by atoms with E-state index in [0.717, 1.165) is 138 Å². The van der Waals surface area contributed by atoms with E-state index < -0.39 is 5.97 Å². The molecule has 5 heterocycles. The number of anilines is 3. The Morgan fingerprint density at radius 2 is 0.779 bits per heavy atom. The van der Waals surface area contributed by atoms with Gasteiger partial charge in [0, 0.05) is 87.4 Å². The van der Waals surface area contributed by atoms with Gasteiger partial charge < -0.3 is 56.5 Å². The summed E-state index contributed by atoms with van der Waals surface area (Å²) in [7, 11) is 9.29. The Kier molecular flexibility index (Phi) is 43.1. The first-order chi connectivity index (χ1) is 58.5. The summed E-state index contributed by atoms with van der Waals surface area (Å²) >= 11 is 5.59. The number of halogens is 2. The van der Waals surface area contributed by atoms with E-state index in [1.54, 1.807) is 60.7 Å². The number of rotatable bonds is 16. The number of carbonyl (C=O) groups is 4. The van der Waals surface area contributed by atoms with Gasteiger partial charge in [-0.2, -0.15) is 0 Å². The number of nitrogens with two attached hydrogens (primary N) is 1. The Labute approximate surface area is 763 Å². The van der Waals surface area contributed by atoms with Crippen LogP contribution >= 0.6 is 38.5 Å². The number of carboxylic acid groups (broad SMARTS) is 1. The first-order valence-electron chi connectivity index (χ1n) is 41.2. The molecule has 23 nitrogen and oxygen atoms in total. The molecule has 5 aliphatic rings. The van der Waals surface area contributed by atoms with Crippen molar-refractivity contribution in [2.75, 3.05) is 82.4 Å². The molecule has 1 saturated heterocycles. The fourth-order valence-electron chi connectivity index (χ4n) is 14.6. The molecular formula is C96H117BrIN12NaO11. The topological polar surface area (TPSA) is 314 Å². The molecule has 0 radical (unpaired) electrons. The number of nitrogens with zero attached hydrogens (tertiary/aromatic N) is 10. The third kappa shape index (κ3) is 28.5. The number of aliphatic hydroxyl groups excluding tert-OH is 2. The number of methoxy groups -OCH3 is 3. The molecule has 122 heavy (non-hydrogen) atoms. The van der Waals surface area contributed by atoms with Crippen molar-refractivity contribution in [3.8, 4) is 45.0 Å². The fourth-order valence-corrected chi connectivity index (χ4v) is 15.1. The van der Waals surface area contributed by atoms with E-state index in [4.69, 9.17) is 64.8 Å². The van der Waals surface area contributed by atoms with Crippen LogP contribution < -0.4 is 50.4 Å². The Morgan fingerprint density at radius 3 is 1.11 bits per heavy atom. The second-order valence-corrected chi connectivity index (χ2v) is 30.0. The number of nitrogens with one attached hydrogen (secondary N) is 1. The van der Waals surface area contributed by atoms with Crippen LogP contribution in [-0.4, -0.2) is 171 Å². The molecule has 12 aromatic rings. The first-order valence-corrected chi connectivity index (χ1v) is 44.1. The van der Waals surface area contributed by atoms with E-state index in [9.17, 15) is 24.3 Å². The predicted molar refractivity (Wildman–Crippen MR) is 500 cm³/mol. The van der Waals surface area contributed by atoms with E-state index >= 15 is 0 Å². The molecule has 8 aromatic carbocycles. The minimum Gasteiger partial charge on any atom is -1.00 e. The summed E-state index contributed by atoms with van der Waals surface area (Å²) < 4.78 is 19.9. The number of aromatic nitrogens is 8. The zero-order valence-corrected chi connectivity index (χ0v) is 76.7. The maximum atomic E-state index is 11.9. The monoisotopic (exact) mass is 1840 g/mol. The van der Waals surface area contributed by atoms with Crippen LogP contribution in [0.3, 0.4) is 0 Å². The number of hydrogen-bond donors (Lipinski definition) is 5. The Bertz CT molecular complexity index is 5220. The zero-order valence-electron chi connectivity index (χ0n) is 72.0. The molecule has 4 aromatic heterocycles. The molecule has 5 fully saturated rings. The number of ether oxygens (including phenoxy) is 4. The van der Waals surface area contributed by atoms with Gasteiger partial charge in [0.1, 0.15) is 27.4 Å². The number of esters is 3. The maximum absolute atomic E-state index is 11.9. The maximum Gasteiger partial charge on any atom is 1.00 e. The smallest absolute Gasteiger partial charge is 1.00 e. The van der Waals surface area contributed by atoms with Crippen molar-refractivity contribution in [2.45, 2.75) is 167 Å². The molecule has 0 spiro atoms. The molecule has 1 aliphatic heterocycles. The zero-order chi connectivity index (χ0) is 85.7. The second-order valence-electron chi connectivity index (χ2n) is 29.3. The van der Waals surface area contributed by atoms with Gasteiger partial charge in [0.15, 0.2) is 17.5 Å². The van der Waals surface area contributed by atoms with Gasteiger partial charge in [-0.25, -0.2) is 59.0 Å². The largest absolute Gasteiger partial charge is 1.00 e. The molecule has 0 bridgehead atoms. The third-order valence-corrected chi connectivity index (χ3v) is 21.7. The van der Waals surface area contributed by atoms with E-state index in [0.29, 0.717) is 79.7 Å². The Balaban J connectivity index is 0.000000234. The average Bonchev–Trinajstić information content (AvgIpc) is 1.79. The molecular weight excluding hydrogens is 1730 g/mol. The van der Waals surface area contributed by atoms with Crippen LogP contribution in [0.4, 0.5) is 17.5 Å². The molecule has 4 saturated carbocycles. The Morgan fingerprint density at radius 1 is 0.459 bits per heavy atom. The number of alkyl halides is 1. The normalized spacial score (nSPS) is 13.9. The summed E-state index contributed by atoms with van der Waals surface area (Å²) in [6.07, 6.45) is 24.3. The average molecular weight is 1840 g/mol. The van der Waals surface area contributed by atoms with E-state index in [2.05, 4.69) is 96.8 Å². The number of unbranched alkanes of at least 4 members (excludes halogenated alkanes) is 1. The quantitative estimate of drug-likeness (QED) is 0.0197. The van der Waals surface area contributed by atoms with Crippen molar-refractivity contribution in [2.24, 2.45) is 5.73 Å². The van der Waals surface area contributed by atoms with Crippen LogP contribution in [0.5, 0.6) is 0 Å². The molecule has 26 heteroatoms. The second kappa shape index (κ2) is 52.8. The molecule has 0 atom stereocenters. The molecule has 4 aliphatic carbocycles. The van der Waals surface area contributed by atoms with Gasteiger partial charge in [0.05, 0.1) is 87.7 Å². The van der Waals surface area contributed by atoms with E-state index in [-0.39, 0.29) is 61.9 Å². The van der Waals surface area contributed by atoms with Crippen LogP contribution in [0.1, 0.15) is 186 Å². The number of hydrogen-bond acceptors (Lipinski definition) is 22. The van der Waals surface area contributed by atoms with Gasteiger partial charge in [-0.1, -0.05) is 216 Å². The van der Waals surface area contributed by atoms with Crippen molar-refractivity contribution in [1.82, 2.24) is 39.9 Å². The third-order valence-electron chi connectivity index (χ3n) is 21.1. The minimum absolute atomic E-state index is 0. The number of aliphatic hydroxyl groups is 2. The van der Waals surface area contributed by atoms with Crippen molar-refractivity contribution >= 4 is 124 Å². The van der Waals surface area contributed by atoms with Gasteiger partial charge >= 0.3 is 53.4 Å². The molecule has 642 valence electrons. The summed E-state index contributed by atoms with van der Waals surface area (Å²) in [5, 5.41) is 27.9. The van der Waals surface area contributed by atoms with Crippen molar-refractivity contribution in [3.63, 3.8) is 0 Å². The van der Waals surface area contributed by atoms with Gasteiger partial charge in [0.25, 0.3) is 0 Å². The Hall–Kier alpha value is -9.55. The standard InChI is InChI=1S/C22H23N3O2.2C21H21N3O2.C16H11BrN2O2.C5H11N.C4H8O.C4H10O.CH3I.CH4O.CH4.Na.H/c1-25(17-10-6-7-11-17)21-20(15-8-4-3-5-9-15)23-18-13-12-16(22(26)27-2)14-19(18)24-21;1-24(16-9-5-6-10-16)20-19(14-7-3-2-4-8-14)22-17-12-11-15(21(25)26)13-18(17)23-20;1-26-21(25)15-11-12-17-18(13-15)24-20(22-16-9-5-6-10-16)19(23-17)14-7-3-2-4-8-14;1-21-16(20)11-7-8-12-13(9-11)19-15(17)14(18-12)10-5-3-2-4-6-10;6-5-3-1-2-4-5;1-2-4-5-3-1;1-2-3-4-5;2*1-2;;;/h3-5,8-9,12-14,17H,6-7,10-11H2,1-2H3;2-4,7-8,11-13,16H,5-6,9-10H2,1H3,(H,25,26);2-4,7-8,11-13,16H,5-6,9-10H2,1H3,(H,22,24);2-9H,1H3;5H,1-4,6H2;1-4H2;5H,2-4H2,1H3;1H3;2H,1H3;1H4;;/q;;;;;;;;;;+1;-1. The number of aromatic carboxylic acids is 1. The summed E-state index contributed by atoms with van der Waals surface area (Å²) in [6.45, 7) is 4.40. The summed E-state index contributed by atoms with van der Waals surface area (Å²) in [4.78, 5) is 91.3. The molecule has 0 unspecified atom stereocenters. The first kappa shape index (κ1) is 99.6. The van der Waals surface area contributed by atoms with Gasteiger partial charge in [-0.05, 0) is 164 Å². The van der Waals surface area contributed by atoms with Crippen LogP contribution in [0.15, 0.2) is 199 Å². The van der Waals surface area contributed by atoms with E-state index in [1.807, 2.05) is 126 Å². The SMILES string of the molecule is C.C1CCOC1.CCCCO.CI.CN(c1nc2cc(C(=O)O)ccc2nc1-c1ccccc1)C1CCCC1.CO.COC(=O)c1ccc2nc(-c3ccccc3)c(Br)nc2c1.COC(=O)c1ccc2nc(-c3ccccc3)c(N(C)C3CCCC3)nc2c1.COC(=O)c1ccc2nc(-c3ccccc3)c(NC3CCCC3)nc2c1.NC1CCCC1.[H-].[Na+]. The van der Waals surface area contributed by atoms with Crippen molar-refractivity contribution in [1.29, 1.82) is 0 Å². The van der Waals surface area contributed by atoms with Crippen LogP contribution in [0, 0.1) is 0 Å². The fraction of sp³-hybridized carbons (Fsp3) is 0.375. The van der Waals surface area contributed by atoms with Gasteiger partial charge in [-0.3, -0.25) is 0 Å². The van der Waals surface area contributed by atoms with E-state index in [1.165, 1.54) is 111 Å². The van der Waals surface area contributed by atoms with Gasteiger partial charge in [0.2, 0.25) is 0 Å². The van der Waals surface area contributed by atoms with Crippen LogP contribution in [0.2, 0.25) is 0 Å². The predicted octanol–water partition coefficient (Wildman–Crippen LogP) is 18.0. The molecule has 17 rings (SSSR count). The van der Waals surface area contributed by atoms with Crippen molar-refractivity contribution < 1.29 is 84.4 Å². The summed E-state index contributed by atoms with van der Waals surface area (Å²) in [6, 6.07) is 62.6. The number of carbonyl (C=O) groups excluding carboxylic acids is 3.